The van der Waals surface area contributed by atoms with Crippen molar-refractivity contribution in [2.24, 2.45) is 5.92 Å². The molecule has 0 saturated carbocycles. The molecule has 0 spiro atoms. The van der Waals surface area contributed by atoms with Crippen molar-refractivity contribution >= 4 is 5.91 Å². The molecule has 1 aliphatic rings. The highest BCUT2D eigenvalue weighted by atomic mass is 16.2. The molecule has 1 amide bonds. The second-order valence-electron chi connectivity index (χ2n) is 5.67. The van der Waals surface area contributed by atoms with Crippen molar-refractivity contribution in [3.05, 3.63) is 0 Å². The van der Waals surface area contributed by atoms with Gasteiger partial charge in [0.1, 0.15) is 0 Å². The van der Waals surface area contributed by atoms with Gasteiger partial charge in [0, 0.05) is 20.1 Å². The van der Waals surface area contributed by atoms with Crippen molar-refractivity contribution in [2.45, 2.75) is 32.6 Å². The number of nitriles is 1. The molecule has 1 rings (SSSR count). The summed E-state index contributed by atoms with van der Waals surface area (Å²) < 4.78 is 0. The van der Waals surface area contributed by atoms with Gasteiger partial charge in [0.25, 0.3) is 0 Å². The van der Waals surface area contributed by atoms with Crippen LogP contribution in [0.4, 0.5) is 0 Å². The zero-order valence-corrected chi connectivity index (χ0v) is 12.9. The number of carbonyl (C=O) groups is 1. The van der Waals surface area contributed by atoms with Gasteiger partial charge in [-0.25, -0.2) is 0 Å². The van der Waals surface area contributed by atoms with E-state index >= 15 is 0 Å². The van der Waals surface area contributed by atoms with Gasteiger partial charge in [-0.15, -0.1) is 0 Å². The summed E-state index contributed by atoms with van der Waals surface area (Å²) in [6.45, 7) is 7.31. The van der Waals surface area contributed by atoms with E-state index in [0.29, 0.717) is 25.4 Å². The van der Waals surface area contributed by atoms with Crippen LogP contribution in [-0.2, 0) is 4.79 Å². The van der Waals surface area contributed by atoms with Gasteiger partial charge in [-0.2, -0.15) is 5.26 Å². The lowest BCUT2D eigenvalue weighted by molar-refractivity contribution is -0.131. The van der Waals surface area contributed by atoms with E-state index in [1.165, 1.54) is 12.8 Å². The standard InChI is InChI=1S/C15H28N4O/c1-3-9-19(12-14-6-4-8-17-11-14)13-15(20)18(2)10-5-7-16/h14,17H,3-6,8-13H2,1-2H3. The van der Waals surface area contributed by atoms with E-state index < -0.39 is 0 Å². The van der Waals surface area contributed by atoms with Crippen LogP contribution in [-0.4, -0.2) is 62.0 Å². The van der Waals surface area contributed by atoms with Gasteiger partial charge in [-0.1, -0.05) is 6.92 Å². The number of likely N-dealkylation sites (N-methyl/N-ethyl adjacent to an activating group) is 1. The maximum absolute atomic E-state index is 12.1. The second kappa shape index (κ2) is 9.73. The number of rotatable bonds is 8. The summed E-state index contributed by atoms with van der Waals surface area (Å²) >= 11 is 0. The summed E-state index contributed by atoms with van der Waals surface area (Å²) in [4.78, 5) is 16.1. The Kier molecular flexibility index (Phi) is 8.24. The number of nitrogens with zero attached hydrogens (tertiary/aromatic N) is 3. The lowest BCUT2D eigenvalue weighted by Gasteiger charge is -2.30. The average molecular weight is 280 g/mol. The molecular formula is C15H28N4O. The SMILES string of the molecule is CCCN(CC(=O)N(C)CCC#N)CC1CCCNC1. The molecule has 0 aliphatic carbocycles. The Morgan fingerprint density at radius 1 is 1.45 bits per heavy atom. The van der Waals surface area contributed by atoms with E-state index in [-0.39, 0.29) is 5.91 Å². The first-order valence-electron chi connectivity index (χ1n) is 7.71. The Morgan fingerprint density at radius 3 is 2.85 bits per heavy atom. The van der Waals surface area contributed by atoms with Crippen LogP contribution in [0.5, 0.6) is 0 Å². The van der Waals surface area contributed by atoms with Gasteiger partial charge in [-0.05, 0) is 44.8 Å². The minimum Gasteiger partial charge on any atom is -0.344 e. The van der Waals surface area contributed by atoms with Crippen molar-refractivity contribution in [3.63, 3.8) is 0 Å². The molecule has 1 N–H and O–H groups in total. The summed E-state index contributed by atoms with van der Waals surface area (Å²) in [5, 5.41) is 12.0. The van der Waals surface area contributed by atoms with E-state index in [1.54, 1.807) is 11.9 Å². The normalized spacial score (nSPS) is 18.8. The molecule has 1 saturated heterocycles. The number of hydrogen-bond donors (Lipinski definition) is 1. The number of piperidine rings is 1. The summed E-state index contributed by atoms with van der Waals surface area (Å²) in [6, 6.07) is 2.08. The summed E-state index contributed by atoms with van der Waals surface area (Å²) in [7, 11) is 1.78. The van der Waals surface area contributed by atoms with E-state index in [4.69, 9.17) is 5.26 Å². The Bertz CT molecular complexity index is 320. The van der Waals surface area contributed by atoms with Crippen molar-refractivity contribution in [2.75, 3.05) is 46.3 Å². The van der Waals surface area contributed by atoms with Crippen LogP contribution in [0.15, 0.2) is 0 Å². The molecule has 20 heavy (non-hydrogen) atoms. The Labute approximate surface area is 122 Å². The molecule has 1 heterocycles. The topological polar surface area (TPSA) is 59.4 Å². The molecule has 1 unspecified atom stereocenters. The fourth-order valence-electron chi connectivity index (χ4n) is 2.65. The lowest BCUT2D eigenvalue weighted by Crippen LogP contribution is -2.43. The van der Waals surface area contributed by atoms with Crippen molar-refractivity contribution in [1.29, 1.82) is 5.26 Å². The van der Waals surface area contributed by atoms with Crippen LogP contribution in [0.2, 0.25) is 0 Å². The average Bonchev–Trinajstić information content (AvgIpc) is 2.46. The van der Waals surface area contributed by atoms with E-state index in [1.807, 2.05) is 0 Å². The maximum atomic E-state index is 12.1. The highest BCUT2D eigenvalue weighted by molar-refractivity contribution is 5.78. The maximum Gasteiger partial charge on any atom is 0.236 e. The Morgan fingerprint density at radius 2 is 2.25 bits per heavy atom. The van der Waals surface area contributed by atoms with E-state index in [2.05, 4.69) is 23.2 Å². The van der Waals surface area contributed by atoms with Crippen LogP contribution in [0.25, 0.3) is 0 Å². The van der Waals surface area contributed by atoms with Crippen LogP contribution in [0.3, 0.4) is 0 Å². The quantitative estimate of drug-likeness (QED) is 0.722. The van der Waals surface area contributed by atoms with Gasteiger partial charge in [0.05, 0.1) is 19.0 Å². The second-order valence-corrected chi connectivity index (χ2v) is 5.67. The van der Waals surface area contributed by atoms with Gasteiger partial charge in [-0.3, -0.25) is 9.69 Å². The fraction of sp³-hybridized carbons (Fsp3) is 0.867. The van der Waals surface area contributed by atoms with E-state index in [9.17, 15) is 4.79 Å². The molecule has 5 heteroatoms. The smallest absolute Gasteiger partial charge is 0.236 e. The van der Waals surface area contributed by atoms with Crippen LogP contribution in [0, 0.1) is 17.2 Å². The van der Waals surface area contributed by atoms with Crippen LogP contribution >= 0.6 is 0 Å². The van der Waals surface area contributed by atoms with Gasteiger partial charge >= 0.3 is 0 Å². The molecule has 114 valence electrons. The van der Waals surface area contributed by atoms with Gasteiger partial charge < -0.3 is 10.2 Å². The minimum atomic E-state index is 0.123. The zero-order valence-electron chi connectivity index (χ0n) is 12.9. The van der Waals surface area contributed by atoms with Crippen LogP contribution in [0.1, 0.15) is 32.6 Å². The minimum absolute atomic E-state index is 0.123. The lowest BCUT2D eigenvalue weighted by atomic mass is 9.99. The predicted octanol–water partition coefficient (Wildman–Crippen LogP) is 1.07. The largest absolute Gasteiger partial charge is 0.344 e. The molecule has 1 aliphatic heterocycles. The Balaban J connectivity index is 2.40. The van der Waals surface area contributed by atoms with Crippen molar-refractivity contribution in [1.82, 2.24) is 15.1 Å². The highest BCUT2D eigenvalue weighted by Gasteiger charge is 2.19. The first kappa shape index (κ1) is 16.9. The number of carbonyl (C=O) groups excluding carboxylic acids is 1. The number of amides is 1. The summed E-state index contributed by atoms with van der Waals surface area (Å²) in [5.41, 5.74) is 0. The summed E-state index contributed by atoms with van der Waals surface area (Å²) in [5.74, 6) is 0.782. The molecule has 0 aromatic heterocycles. The molecule has 0 aromatic rings. The molecule has 0 aromatic carbocycles. The molecule has 0 radical (unpaired) electrons. The third-order valence-electron chi connectivity index (χ3n) is 3.80. The van der Waals surface area contributed by atoms with Gasteiger partial charge in [0.15, 0.2) is 0 Å². The van der Waals surface area contributed by atoms with E-state index in [0.717, 1.165) is 32.6 Å². The third kappa shape index (κ3) is 6.36. The molecule has 1 atom stereocenters. The van der Waals surface area contributed by atoms with Crippen LogP contribution < -0.4 is 5.32 Å². The molecule has 0 bridgehead atoms. The fourth-order valence-corrected chi connectivity index (χ4v) is 2.65. The zero-order chi connectivity index (χ0) is 14.8. The monoisotopic (exact) mass is 280 g/mol. The first-order valence-corrected chi connectivity index (χ1v) is 7.71. The molecule has 5 nitrogen and oxygen atoms in total. The third-order valence-corrected chi connectivity index (χ3v) is 3.80. The molecule has 1 fully saturated rings. The van der Waals surface area contributed by atoms with Crippen molar-refractivity contribution < 1.29 is 4.79 Å². The van der Waals surface area contributed by atoms with Gasteiger partial charge in [0.2, 0.25) is 5.91 Å². The van der Waals surface area contributed by atoms with Crippen molar-refractivity contribution in [3.8, 4) is 6.07 Å². The Hall–Kier alpha value is -1.12. The number of nitrogens with one attached hydrogen (secondary N) is 1. The predicted molar refractivity (Wildman–Crippen MR) is 80.2 cm³/mol. The molecular weight excluding hydrogens is 252 g/mol. The first-order chi connectivity index (χ1) is 9.67. The number of hydrogen-bond acceptors (Lipinski definition) is 4. The highest BCUT2D eigenvalue weighted by Crippen LogP contribution is 2.12. The summed E-state index contributed by atoms with van der Waals surface area (Å²) in [6.07, 6.45) is 3.96.